The fourth-order valence-electron chi connectivity index (χ4n) is 2.14. The van der Waals surface area contributed by atoms with Gasteiger partial charge in [0.1, 0.15) is 0 Å². The van der Waals surface area contributed by atoms with Crippen LogP contribution in [0.3, 0.4) is 0 Å². The SMILES string of the molecule is C=C(c1ccccc1)c1nccc2ccccc12. The Balaban J connectivity index is 2.18. The molecule has 0 saturated carbocycles. The third kappa shape index (κ3) is 1.80. The molecule has 1 heteroatoms. The lowest BCUT2D eigenvalue weighted by molar-refractivity contribution is 1.31. The van der Waals surface area contributed by atoms with E-state index in [2.05, 4.69) is 35.8 Å². The molecule has 3 aromatic rings. The maximum Gasteiger partial charge on any atom is 0.0780 e. The minimum atomic E-state index is 0.958. The van der Waals surface area contributed by atoms with Gasteiger partial charge in [0.2, 0.25) is 0 Å². The summed E-state index contributed by atoms with van der Waals surface area (Å²) < 4.78 is 0. The van der Waals surface area contributed by atoms with E-state index < -0.39 is 0 Å². The van der Waals surface area contributed by atoms with Crippen molar-refractivity contribution in [2.75, 3.05) is 0 Å². The molecular weight excluding hydrogens is 218 g/mol. The molecule has 0 N–H and O–H groups in total. The Labute approximate surface area is 106 Å². The zero-order valence-corrected chi connectivity index (χ0v) is 10.0. The van der Waals surface area contributed by atoms with Gasteiger partial charge in [0.25, 0.3) is 0 Å². The molecule has 0 spiro atoms. The van der Waals surface area contributed by atoms with Crippen molar-refractivity contribution in [3.8, 4) is 0 Å². The maximum absolute atomic E-state index is 4.48. The summed E-state index contributed by atoms with van der Waals surface area (Å²) >= 11 is 0. The highest BCUT2D eigenvalue weighted by Crippen LogP contribution is 2.26. The van der Waals surface area contributed by atoms with E-state index in [0.29, 0.717) is 0 Å². The van der Waals surface area contributed by atoms with Crippen LogP contribution in [-0.4, -0.2) is 4.98 Å². The van der Waals surface area contributed by atoms with Crippen LogP contribution >= 0.6 is 0 Å². The minimum absolute atomic E-state index is 0.958. The molecule has 1 aromatic heterocycles. The van der Waals surface area contributed by atoms with Crippen molar-refractivity contribution in [3.05, 3.63) is 84.7 Å². The number of fused-ring (bicyclic) bond motifs is 1. The average Bonchev–Trinajstić information content (AvgIpc) is 2.47. The van der Waals surface area contributed by atoms with E-state index in [4.69, 9.17) is 0 Å². The third-order valence-corrected chi connectivity index (χ3v) is 3.08. The van der Waals surface area contributed by atoms with E-state index in [9.17, 15) is 0 Å². The maximum atomic E-state index is 4.48. The van der Waals surface area contributed by atoms with Gasteiger partial charge in [-0.15, -0.1) is 0 Å². The molecule has 1 nitrogen and oxygen atoms in total. The molecule has 0 radical (unpaired) electrons. The zero-order valence-electron chi connectivity index (χ0n) is 10.0. The summed E-state index contributed by atoms with van der Waals surface area (Å²) in [5.74, 6) is 0. The Hall–Kier alpha value is -2.41. The Bertz CT molecular complexity index is 694. The standard InChI is InChI=1S/C17H13N/c1-13(14-7-3-2-4-8-14)17-16-10-6-5-9-15(16)11-12-18-17/h2-12H,1H2. The topological polar surface area (TPSA) is 12.9 Å². The highest BCUT2D eigenvalue weighted by atomic mass is 14.7. The first-order valence-electron chi connectivity index (χ1n) is 5.95. The molecule has 0 aliphatic carbocycles. The van der Waals surface area contributed by atoms with Crippen molar-refractivity contribution in [2.45, 2.75) is 0 Å². The normalized spacial score (nSPS) is 10.4. The average molecular weight is 231 g/mol. The molecule has 0 amide bonds. The van der Waals surface area contributed by atoms with E-state index in [1.165, 1.54) is 5.39 Å². The van der Waals surface area contributed by atoms with Gasteiger partial charge in [-0.25, -0.2) is 0 Å². The molecule has 2 aromatic carbocycles. The first-order valence-corrected chi connectivity index (χ1v) is 5.95. The Morgan fingerprint density at radius 2 is 1.56 bits per heavy atom. The van der Waals surface area contributed by atoms with Gasteiger partial charge >= 0.3 is 0 Å². The van der Waals surface area contributed by atoms with Crippen LogP contribution in [0.5, 0.6) is 0 Å². The van der Waals surface area contributed by atoms with Crippen molar-refractivity contribution >= 4 is 16.3 Å². The molecule has 1 heterocycles. The largest absolute Gasteiger partial charge is 0.256 e. The third-order valence-electron chi connectivity index (χ3n) is 3.08. The van der Waals surface area contributed by atoms with Gasteiger partial charge in [-0.05, 0) is 17.0 Å². The van der Waals surface area contributed by atoms with Crippen LogP contribution in [0.25, 0.3) is 16.3 Å². The summed E-state index contributed by atoms with van der Waals surface area (Å²) in [6, 6.07) is 20.5. The van der Waals surface area contributed by atoms with Crippen molar-refractivity contribution < 1.29 is 0 Å². The predicted molar refractivity (Wildman–Crippen MR) is 76.3 cm³/mol. The number of rotatable bonds is 2. The van der Waals surface area contributed by atoms with Crippen molar-refractivity contribution in [3.63, 3.8) is 0 Å². The minimum Gasteiger partial charge on any atom is -0.256 e. The lowest BCUT2D eigenvalue weighted by Crippen LogP contribution is -1.91. The summed E-state index contributed by atoms with van der Waals surface area (Å²) in [5, 5.41) is 2.34. The molecular formula is C17H13N. The Kier molecular flexibility index (Phi) is 2.66. The van der Waals surface area contributed by atoms with Crippen molar-refractivity contribution in [1.82, 2.24) is 4.98 Å². The quantitative estimate of drug-likeness (QED) is 0.641. The van der Waals surface area contributed by atoms with Crippen LogP contribution in [0.2, 0.25) is 0 Å². The summed E-state index contributed by atoms with van der Waals surface area (Å²) in [5.41, 5.74) is 3.04. The molecule has 3 rings (SSSR count). The van der Waals surface area contributed by atoms with Gasteiger partial charge in [0.05, 0.1) is 5.69 Å². The molecule has 0 fully saturated rings. The van der Waals surface area contributed by atoms with E-state index >= 15 is 0 Å². The Morgan fingerprint density at radius 1 is 0.833 bits per heavy atom. The van der Waals surface area contributed by atoms with Gasteiger partial charge in [-0.2, -0.15) is 0 Å². The van der Waals surface area contributed by atoms with Crippen LogP contribution in [0.4, 0.5) is 0 Å². The number of pyridine rings is 1. The zero-order chi connectivity index (χ0) is 12.4. The van der Waals surface area contributed by atoms with Crippen molar-refractivity contribution in [2.24, 2.45) is 0 Å². The molecule has 0 unspecified atom stereocenters. The first kappa shape index (κ1) is 10.7. The van der Waals surface area contributed by atoms with Gasteiger partial charge in [-0.3, -0.25) is 4.98 Å². The van der Waals surface area contributed by atoms with Gasteiger partial charge in [0.15, 0.2) is 0 Å². The molecule has 0 bridgehead atoms. The van der Waals surface area contributed by atoms with Crippen LogP contribution in [0.15, 0.2) is 73.4 Å². The molecule has 0 atom stereocenters. The highest BCUT2D eigenvalue weighted by Gasteiger charge is 2.07. The fourth-order valence-corrected chi connectivity index (χ4v) is 2.14. The second-order valence-electron chi connectivity index (χ2n) is 4.23. The number of aromatic nitrogens is 1. The monoisotopic (exact) mass is 231 g/mol. The molecule has 0 saturated heterocycles. The van der Waals surface area contributed by atoms with Gasteiger partial charge in [-0.1, -0.05) is 61.2 Å². The lowest BCUT2D eigenvalue weighted by atomic mass is 9.99. The summed E-state index contributed by atoms with van der Waals surface area (Å²) in [6.07, 6.45) is 1.84. The second-order valence-corrected chi connectivity index (χ2v) is 4.23. The van der Waals surface area contributed by atoms with Crippen LogP contribution < -0.4 is 0 Å². The molecule has 0 aliphatic heterocycles. The summed E-state index contributed by atoms with van der Waals surface area (Å²) in [4.78, 5) is 4.48. The predicted octanol–water partition coefficient (Wildman–Crippen LogP) is 4.30. The lowest BCUT2D eigenvalue weighted by Gasteiger charge is -2.08. The van der Waals surface area contributed by atoms with Crippen molar-refractivity contribution in [1.29, 1.82) is 0 Å². The van der Waals surface area contributed by atoms with Crippen LogP contribution in [0.1, 0.15) is 11.3 Å². The van der Waals surface area contributed by atoms with E-state index in [1.807, 2.05) is 42.6 Å². The number of hydrogen-bond acceptors (Lipinski definition) is 1. The molecule has 0 aliphatic rings. The smallest absolute Gasteiger partial charge is 0.0780 e. The number of hydrogen-bond donors (Lipinski definition) is 0. The fraction of sp³-hybridized carbons (Fsp3) is 0. The highest BCUT2D eigenvalue weighted by molar-refractivity contribution is 5.95. The molecule has 18 heavy (non-hydrogen) atoms. The van der Waals surface area contributed by atoms with E-state index in [-0.39, 0.29) is 0 Å². The van der Waals surface area contributed by atoms with Gasteiger partial charge in [0, 0.05) is 17.2 Å². The van der Waals surface area contributed by atoms with Crippen LogP contribution in [-0.2, 0) is 0 Å². The van der Waals surface area contributed by atoms with E-state index in [0.717, 1.165) is 22.2 Å². The number of nitrogens with zero attached hydrogens (tertiary/aromatic N) is 1. The second kappa shape index (κ2) is 4.46. The Morgan fingerprint density at radius 3 is 2.39 bits per heavy atom. The van der Waals surface area contributed by atoms with Gasteiger partial charge < -0.3 is 0 Å². The first-order chi connectivity index (χ1) is 8.86. The summed E-state index contributed by atoms with van der Waals surface area (Å²) in [6.45, 7) is 4.18. The molecule has 86 valence electrons. The number of benzene rings is 2. The van der Waals surface area contributed by atoms with E-state index in [1.54, 1.807) is 0 Å². The van der Waals surface area contributed by atoms with Crippen LogP contribution in [0, 0.1) is 0 Å². The summed E-state index contributed by atoms with van der Waals surface area (Å²) in [7, 11) is 0.